The lowest BCUT2D eigenvalue weighted by molar-refractivity contribution is -0.136. The number of hydrogen-bond acceptors (Lipinski definition) is 9. The molecule has 0 saturated carbocycles. The molecular weight excluding hydrogens is 485 g/mol. The minimum absolute atomic E-state index is 0.0234. The second kappa shape index (κ2) is 9.84. The lowest BCUT2D eigenvalue weighted by atomic mass is 10.0. The molecular formula is C22H25F3N6O3S. The molecule has 0 radical (unpaired) electrons. The Bertz CT molecular complexity index is 1230. The molecule has 0 aromatic carbocycles. The minimum Gasteiger partial charge on any atom is -0.481 e. The number of primary amides is 1. The molecule has 1 aliphatic heterocycles. The number of nitrogen functional groups attached to an aromatic ring is 1. The van der Waals surface area contributed by atoms with Crippen LogP contribution < -0.4 is 26.4 Å². The van der Waals surface area contributed by atoms with Gasteiger partial charge in [0.05, 0.1) is 24.1 Å². The first-order valence-electron chi connectivity index (χ1n) is 10.9. The van der Waals surface area contributed by atoms with Crippen LogP contribution in [0.2, 0.25) is 0 Å². The smallest absolute Gasteiger partial charge is 0.417 e. The fourth-order valence-corrected chi connectivity index (χ4v) is 5.07. The summed E-state index contributed by atoms with van der Waals surface area (Å²) in [5.74, 6) is -0.312. The van der Waals surface area contributed by atoms with E-state index < -0.39 is 23.8 Å². The van der Waals surface area contributed by atoms with Gasteiger partial charge in [0.1, 0.15) is 21.6 Å². The van der Waals surface area contributed by atoms with Crippen LogP contribution in [0.25, 0.3) is 10.2 Å². The molecule has 0 aliphatic carbocycles. The zero-order valence-corrected chi connectivity index (χ0v) is 19.6. The number of halogens is 3. The molecule has 13 heteroatoms. The summed E-state index contributed by atoms with van der Waals surface area (Å²) in [6.45, 7) is 1.20. The van der Waals surface area contributed by atoms with Crippen molar-refractivity contribution in [3.8, 4) is 5.88 Å². The number of rotatable bonds is 7. The number of carbonyl (C=O) groups is 1. The number of aliphatic hydroxyl groups excluding tert-OH is 1. The van der Waals surface area contributed by atoms with Gasteiger partial charge in [0, 0.05) is 37.1 Å². The SMILES string of the molecule is COc1cccc(C(O)CNC2CCN(c3cc(C(F)(F)F)c4c(N)c(C(N)=O)sc4n3)CC2)n1. The van der Waals surface area contributed by atoms with Crippen LogP contribution >= 0.6 is 11.3 Å². The maximum absolute atomic E-state index is 13.8. The van der Waals surface area contributed by atoms with Crippen LogP contribution in [-0.4, -0.2) is 53.8 Å². The summed E-state index contributed by atoms with van der Waals surface area (Å²) in [4.78, 5) is 21.9. The highest BCUT2D eigenvalue weighted by molar-refractivity contribution is 7.21. The van der Waals surface area contributed by atoms with Gasteiger partial charge in [0.15, 0.2) is 0 Å². The molecule has 3 aromatic heterocycles. The maximum atomic E-state index is 13.8. The number of pyridine rings is 2. The van der Waals surface area contributed by atoms with Gasteiger partial charge in [0.2, 0.25) is 5.88 Å². The summed E-state index contributed by atoms with van der Waals surface area (Å²) in [6, 6.07) is 6.18. The van der Waals surface area contributed by atoms with Crippen molar-refractivity contribution in [2.75, 3.05) is 37.4 Å². The third kappa shape index (κ3) is 5.26. The number of piperidine rings is 1. The van der Waals surface area contributed by atoms with E-state index in [4.69, 9.17) is 16.2 Å². The molecule has 1 fully saturated rings. The van der Waals surface area contributed by atoms with Crippen LogP contribution in [0.5, 0.6) is 5.88 Å². The molecule has 1 unspecified atom stereocenters. The first-order chi connectivity index (χ1) is 16.6. The van der Waals surface area contributed by atoms with Gasteiger partial charge in [-0.2, -0.15) is 13.2 Å². The molecule has 9 nitrogen and oxygen atoms in total. The summed E-state index contributed by atoms with van der Waals surface area (Å²) >= 11 is 0.760. The molecule has 1 amide bonds. The molecule has 4 heterocycles. The zero-order valence-electron chi connectivity index (χ0n) is 18.8. The van der Waals surface area contributed by atoms with Crippen LogP contribution in [0.3, 0.4) is 0 Å². The second-order valence-corrected chi connectivity index (χ2v) is 9.20. The predicted molar refractivity (Wildman–Crippen MR) is 127 cm³/mol. The molecule has 6 N–H and O–H groups in total. The number of carbonyl (C=O) groups excluding carboxylic acids is 1. The van der Waals surface area contributed by atoms with Crippen molar-refractivity contribution in [1.29, 1.82) is 0 Å². The monoisotopic (exact) mass is 510 g/mol. The molecule has 35 heavy (non-hydrogen) atoms. The third-order valence-electron chi connectivity index (χ3n) is 5.93. The summed E-state index contributed by atoms with van der Waals surface area (Å²) in [7, 11) is 1.50. The molecule has 188 valence electrons. The number of methoxy groups -OCH3 is 1. The first kappa shape index (κ1) is 24.9. The number of alkyl halides is 3. The van der Waals surface area contributed by atoms with Crippen LogP contribution in [-0.2, 0) is 6.18 Å². The lowest BCUT2D eigenvalue weighted by Crippen LogP contribution is -2.44. The van der Waals surface area contributed by atoms with Crippen LogP contribution in [0.15, 0.2) is 24.3 Å². The predicted octanol–water partition coefficient (Wildman–Crippen LogP) is 2.69. The average Bonchev–Trinajstić information content (AvgIpc) is 3.18. The van der Waals surface area contributed by atoms with Crippen LogP contribution in [0, 0.1) is 0 Å². The molecule has 1 aliphatic rings. The van der Waals surface area contributed by atoms with Gasteiger partial charge >= 0.3 is 6.18 Å². The van der Waals surface area contributed by atoms with E-state index >= 15 is 0 Å². The van der Waals surface area contributed by atoms with E-state index in [1.807, 2.05) is 0 Å². The van der Waals surface area contributed by atoms with E-state index in [1.165, 1.54) is 7.11 Å². The second-order valence-electron chi connectivity index (χ2n) is 8.21. The Hall–Kier alpha value is -3.16. The molecule has 1 saturated heterocycles. The number of anilines is 2. The number of fused-ring (bicyclic) bond motifs is 1. The quantitative estimate of drug-likeness (QED) is 0.381. The largest absolute Gasteiger partial charge is 0.481 e. The van der Waals surface area contributed by atoms with Gasteiger partial charge in [-0.25, -0.2) is 9.97 Å². The summed E-state index contributed by atoms with van der Waals surface area (Å²) in [5.41, 5.74) is 10.3. The first-order valence-corrected chi connectivity index (χ1v) is 11.7. The van der Waals surface area contributed by atoms with E-state index in [1.54, 1.807) is 23.1 Å². The topological polar surface area (TPSA) is 140 Å². The Morgan fingerprint density at radius 1 is 1.34 bits per heavy atom. The Labute approximate surface area is 202 Å². The Morgan fingerprint density at radius 2 is 2.06 bits per heavy atom. The highest BCUT2D eigenvalue weighted by Crippen LogP contribution is 2.43. The van der Waals surface area contributed by atoms with Gasteiger partial charge < -0.3 is 31.5 Å². The van der Waals surface area contributed by atoms with Crippen molar-refractivity contribution < 1.29 is 27.8 Å². The van der Waals surface area contributed by atoms with Gasteiger partial charge in [0.25, 0.3) is 5.91 Å². The highest BCUT2D eigenvalue weighted by Gasteiger charge is 2.37. The number of aliphatic hydroxyl groups is 1. The average molecular weight is 511 g/mol. The third-order valence-corrected chi connectivity index (χ3v) is 7.04. The Balaban J connectivity index is 1.45. The number of amides is 1. The standard InChI is InChI=1S/C22H25F3N6O3S/c1-34-16-4-2-3-13(29-16)14(32)10-28-11-5-7-31(8-6-11)15-9-12(22(23,24)25)17-18(26)19(20(27)33)35-21(17)30-15/h2-4,9,11,14,28,32H,5-8,10,26H2,1H3,(H2,27,33). The van der Waals surface area contributed by atoms with E-state index in [2.05, 4.69) is 15.3 Å². The van der Waals surface area contributed by atoms with Crippen molar-refractivity contribution in [1.82, 2.24) is 15.3 Å². The number of hydrogen-bond donors (Lipinski definition) is 4. The number of thiophene rings is 1. The van der Waals surface area contributed by atoms with E-state index in [0.29, 0.717) is 37.5 Å². The van der Waals surface area contributed by atoms with E-state index in [9.17, 15) is 23.1 Å². The molecule has 1 atom stereocenters. The minimum atomic E-state index is -4.68. The summed E-state index contributed by atoms with van der Waals surface area (Å²) in [5, 5.41) is 13.4. The Kier molecular flexibility index (Phi) is 7.01. The van der Waals surface area contributed by atoms with E-state index in [0.717, 1.165) is 17.4 Å². The lowest BCUT2D eigenvalue weighted by Gasteiger charge is -2.34. The molecule has 0 spiro atoms. The maximum Gasteiger partial charge on any atom is 0.417 e. The molecule has 4 rings (SSSR count). The molecule has 3 aromatic rings. The fraction of sp³-hybridized carbons (Fsp3) is 0.409. The van der Waals surface area contributed by atoms with Crippen molar-refractivity contribution in [3.63, 3.8) is 0 Å². The normalized spacial score (nSPS) is 16.0. The number of nitrogens with one attached hydrogen (secondary N) is 1. The number of aromatic nitrogens is 2. The summed E-state index contributed by atoms with van der Waals surface area (Å²) < 4.78 is 46.5. The fourth-order valence-electron chi connectivity index (χ4n) is 4.10. The van der Waals surface area contributed by atoms with Gasteiger partial charge in [-0.3, -0.25) is 4.79 Å². The molecule has 0 bridgehead atoms. The number of nitrogens with two attached hydrogens (primary N) is 2. The van der Waals surface area contributed by atoms with Crippen molar-refractivity contribution in [2.24, 2.45) is 5.73 Å². The number of ether oxygens (including phenoxy) is 1. The van der Waals surface area contributed by atoms with E-state index in [-0.39, 0.29) is 39.2 Å². The zero-order chi connectivity index (χ0) is 25.3. The van der Waals surface area contributed by atoms with Crippen LogP contribution in [0.1, 0.15) is 39.9 Å². The Morgan fingerprint density at radius 3 is 2.69 bits per heavy atom. The number of nitrogens with zero attached hydrogens (tertiary/aromatic N) is 3. The van der Waals surface area contributed by atoms with Crippen molar-refractivity contribution >= 4 is 39.0 Å². The highest BCUT2D eigenvalue weighted by atomic mass is 32.1. The van der Waals surface area contributed by atoms with Crippen LogP contribution in [0.4, 0.5) is 24.7 Å². The van der Waals surface area contributed by atoms with Gasteiger partial charge in [-0.15, -0.1) is 11.3 Å². The summed E-state index contributed by atoms with van der Waals surface area (Å²) in [6.07, 6.45) is -4.23. The van der Waals surface area contributed by atoms with Crippen molar-refractivity contribution in [3.05, 3.63) is 40.4 Å². The van der Waals surface area contributed by atoms with Crippen molar-refractivity contribution in [2.45, 2.75) is 31.2 Å². The van der Waals surface area contributed by atoms with Gasteiger partial charge in [-0.1, -0.05) is 6.07 Å². The van der Waals surface area contributed by atoms with Gasteiger partial charge in [-0.05, 0) is 25.0 Å².